The molecule has 1 fully saturated rings. The van der Waals surface area contributed by atoms with Gasteiger partial charge < -0.3 is 23.7 Å². The topological polar surface area (TPSA) is 65.8 Å². The predicted octanol–water partition coefficient (Wildman–Crippen LogP) is 5.27. The highest BCUT2D eigenvalue weighted by atomic mass is 16.5. The Morgan fingerprint density at radius 2 is 1.75 bits per heavy atom. The monoisotopic (exact) mass is 485 g/mol. The number of nitrogens with zero attached hydrogens (tertiary/aromatic N) is 3. The van der Waals surface area contributed by atoms with E-state index in [0.29, 0.717) is 43.3 Å². The maximum absolute atomic E-state index is 13.2. The third-order valence-electron chi connectivity index (χ3n) is 6.91. The van der Waals surface area contributed by atoms with Crippen molar-refractivity contribution < 1.29 is 19.0 Å². The van der Waals surface area contributed by atoms with Gasteiger partial charge in [0, 0.05) is 24.9 Å². The number of hydrogen-bond donors (Lipinski definition) is 0. The van der Waals surface area contributed by atoms with E-state index in [-0.39, 0.29) is 11.8 Å². The molecule has 0 aliphatic carbocycles. The minimum absolute atomic E-state index is 0.0385. The molecular formula is C29H31N3O4. The Morgan fingerprint density at radius 1 is 0.944 bits per heavy atom. The summed E-state index contributed by atoms with van der Waals surface area (Å²) in [5.41, 5.74) is 5.13. The van der Waals surface area contributed by atoms with Crippen LogP contribution < -0.4 is 19.1 Å². The lowest BCUT2D eigenvalue weighted by molar-refractivity contribution is -0.117. The normalized spacial score (nSPS) is 15.5. The zero-order valence-electron chi connectivity index (χ0n) is 21.2. The molecule has 0 bridgehead atoms. The summed E-state index contributed by atoms with van der Waals surface area (Å²) in [4.78, 5) is 19.9. The van der Waals surface area contributed by atoms with E-state index in [1.54, 1.807) is 19.1 Å². The number of para-hydroxylation sites is 2. The maximum atomic E-state index is 13.2. The Morgan fingerprint density at radius 3 is 2.53 bits per heavy atom. The number of imidazole rings is 1. The predicted molar refractivity (Wildman–Crippen MR) is 140 cm³/mol. The highest BCUT2D eigenvalue weighted by Crippen LogP contribution is 2.39. The van der Waals surface area contributed by atoms with Crippen molar-refractivity contribution in [2.24, 2.45) is 0 Å². The second kappa shape index (κ2) is 9.93. The van der Waals surface area contributed by atoms with Crippen molar-refractivity contribution in [2.45, 2.75) is 32.7 Å². The van der Waals surface area contributed by atoms with Gasteiger partial charge in [0.25, 0.3) is 0 Å². The van der Waals surface area contributed by atoms with E-state index in [4.69, 9.17) is 19.2 Å². The fourth-order valence-corrected chi connectivity index (χ4v) is 4.82. The van der Waals surface area contributed by atoms with Gasteiger partial charge in [-0.3, -0.25) is 4.79 Å². The van der Waals surface area contributed by atoms with Gasteiger partial charge >= 0.3 is 0 Å². The number of aromatic nitrogens is 2. The molecular weight excluding hydrogens is 454 g/mol. The van der Waals surface area contributed by atoms with Gasteiger partial charge in [-0.15, -0.1) is 0 Å². The number of ether oxygens (including phenoxy) is 3. The summed E-state index contributed by atoms with van der Waals surface area (Å²) in [6.07, 6.45) is 0.377. The molecule has 0 spiro atoms. The first-order valence-corrected chi connectivity index (χ1v) is 12.2. The largest absolute Gasteiger partial charge is 0.497 e. The Kier molecular flexibility index (Phi) is 6.55. The molecule has 186 valence electrons. The average molecular weight is 486 g/mol. The van der Waals surface area contributed by atoms with Crippen molar-refractivity contribution in [3.8, 4) is 17.2 Å². The van der Waals surface area contributed by atoms with Crippen LogP contribution in [0, 0.1) is 13.8 Å². The number of carbonyl (C=O) groups is 1. The van der Waals surface area contributed by atoms with Crippen LogP contribution in [0.15, 0.2) is 60.7 Å². The SMILES string of the molecule is COc1ccc(OC)c(N2C[C@H](c3nc4ccccc4n3CCOc3ccc(C)c(C)c3)CC2=O)c1. The number of amides is 1. The number of fused-ring (bicyclic) bond motifs is 1. The highest BCUT2D eigenvalue weighted by molar-refractivity contribution is 5.98. The molecule has 4 aromatic rings. The van der Waals surface area contributed by atoms with E-state index in [9.17, 15) is 4.79 Å². The van der Waals surface area contributed by atoms with Crippen LogP contribution in [0.4, 0.5) is 5.69 Å². The zero-order valence-corrected chi connectivity index (χ0v) is 21.2. The number of hydrogen-bond acceptors (Lipinski definition) is 5. The van der Waals surface area contributed by atoms with Crippen molar-refractivity contribution in [1.29, 1.82) is 0 Å². The molecule has 1 aliphatic rings. The smallest absolute Gasteiger partial charge is 0.227 e. The van der Waals surface area contributed by atoms with E-state index in [1.165, 1.54) is 11.1 Å². The van der Waals surface area contributed by atoms with Gasteiger partial charge in [0.1, 0.15) is 29.7 Å². The van der Waals surface area contributed by atoms with Crippen LogP contribution in [-0.2, 0) is 11.3 Å². The minimum Gasteiger partial charge on any atom is -0.497 e. The first kappa shape index (κ1) is 23.7. The van der Waals surface area contributed by atoms with Gasteiger partial charge in [-0.25, -0.2) is 4.98 Å². The summed E-state index contributed by atoms with van der Waals surface area (Å²) in [5, 5.41) is 0. The molecule has 0 N–H and O–H groups in total. The summed E-state index contributed by atoms with van der Waals surface area (Å²) in [6, 6.07) is 19.7. The molecule has 2 heterocycles. The fourth-order valence-electron chi connectivity index (χ4n) is 4.82. The first-order valence-electron chi connectivity index (χ1n) is 12.2. The van der Waals surface area contributed by atoms with Crippen molar-refractivity contribution in [1.82, 2.24) is 9.55 Å². The maximum Gasteiger partial charge on any atom is 0.227 e. The molecule has 7 heteroatoms. The van der Waals surface area contributed by atoms with Gasteiger partial charge in [-0.1, -0.05) is 18.2 Å². The molecule has 3 aromatic carbocycles. The third kappa shape index (κ3) is 4.49. The van der Waals surface area contributed by atoms with Crippen molar-refractivity contribution in [3.63, 3.8) is 0 Å². The Balaban J connectivity index is 1.41. The fraction of sp³-hybridized carbons (Fsp3) is 0.310. The van der Waals surface area contributed by atoms with E-state index in [0.717, 1.165) is 22.6 Å². The van der Waals surface area contributed by atoms with Crippen molar-refractivity contribution in [2.75, 3.05) is 32.3 Å². The summed E-state index contributed by atoms with van der Waals surface area (Å²) >= 11 is 0. The standard InChI is InChI=1S/C29H31N3O4/c1-19-9-10-23(15-20(19)2)36-14-13-31-25-8-6-5-7-24(25)30-29(31)21-16-28(33)32(18-21)26-17-22(34-3)11-12-27(26)35-4/h5-12,15,17,21H,13-14,16,18H2,1-4H3/t21-/m1/s1. The van der Waals surface area contributed by atoms with Crippen LogP contribution >= 0.6 is 0 Å². The number of methoxy groups -OCH3 is 2. The molecule has 1 aromatic heterocycles. The van der Waals surface area contributed by atoms with E-state index < -0.39 is 0 Å². The molecule has 7 nitrogen and oxygen atoms in total. The van der Waals surface area contributed by atoms with Crippen LogP contribution in [0.5, 0.6) is 17.2 Å². The van der Waals surface area contributed by atoms with Crippen LogP contribution in [0.2, 0.25) is 0 Å². The number of rotatable bonds is 8. The molecule has 1 saturated heterocycles. The first-order chi connectivity index (χ1) is 17.5. The second-order valence-electron chi connectivity index (χ2n) is 9.15. The number of carbonyl (C=O) groups excluding carboxylic acids is 1. The lowest BCUT2D eigenvalue weighted by atomic mass is 10.1. The number of anilines is 1. The zero-order chi connectivity index (χ0) is 25.2. The van der Waals surface area contributed by atoms with Gasteiger partial charge in [-0.2, -0.15) is 0 Å². The lowest BCUT2D eigenvalue weighted by Gasteiger charge is -2.20. The van der Waals surface area contributed by atoms with E-state index in [1.807, 2.05) is 42.5 Å². The summed E-state index contributed by atoms with van der Waals surface area (Å²) in [7, 11) is 3.22. The molecule has 0 unspecified atom stereocenters. The lowest BCUT2D eigenvalue weighted by Crippen LogP contribution is -2.25. The quantitative estimate of drug-likeness (QED) is 0.340. The third-order valence-corrected chi connectivity index (χ3v) is 6.91. The highest BCUT2D eigenvalue weighted by Gasteiger charge is 2.36. The van der Waals surface area contributed by atoms with Crippen LogP contribution in [0.1, 0.15) is 29.3 Å². The number of benzene rings is 3. The van der Waals surface area contributed by atoms with E-state index in [2.05, 4.69) is 36.6 Å². The van der Waals surface area contributed by atoms with Gasteiger partial charge in [0.2, 0.25) is 5.91 Å². The average Bonchev–Trinajstić information content (AvgIpc) is 3.46. The summed E-state index contributed by atoms with van der Waals surface area (Å²) in [6.45, 7) is 5.84. The molecule has 0 saturated carbocycles. The van der Waals surface area contributed by atoms with Gasteiger partial charge in [-0.05, 0) is 61.4 Å². The van der Waals surface area contributed by atoms with Gasteiger partial charge in [0.05, 0.1) is 37.5 Å². The molecule has 1 atom stereocenters. The van der Waals surface area contributed by atoms with Crippen LogP contribution in [0.25, 0.3) is 11.0 Å². The Hall–Kier alpha value is -4.00. The summed E-state index contributed by atoms with van der Waals surface area (Å²) < 4.78 is 19.2. The van der Waals surface area contributed by atoms with Gasteiger partial charge in [0.15, 0.2) is 0 Å². The van der Waals surface area contributed by atoms with Crippen molar-refractivity contribution in [3.05, 3.63) is 77.6 Å². The minimum atomic E-state index is -0.0533. The molecule has 1 amide bonds. The Labute approximate surface area is 211 Å². The molecule has 0 radical (unpaired) electrons. The van der Waals surface area contributed by atoms with E-state index >= 15 is 0 Å². The Bertz CT molecular complexity index is 1410. The van der Waals surface area contributed by atoms with Crippen LogP contribution in [-0.4, -0.2) is 42.8 Å². The molecule has 1 aliphatic heterocycles. The summed E-state index contributed by atoms with van der Waals surface area (Å²) in [5.74, 6) is 3.06. The van der Waals surface area contributed by atoms with Crippen molar-refractivity contribution >= 4 is 22.6 Å². The molecule has 36 heavy (non-hydrogen) atoms. The van der Waals surface area contributed by atoms with Crippen LogP contribution in [0.3, 0.4) is 0 Å². The second-order valence-corrected chi connectivity index (χ2v) is 9.15. The number of aryl methyl sites for hydroxylation is 2. The molecule has 5 rings (SSSR count).